The zero-order valence-electron chi connectivity index (χ0n) is 8.17. The summed E-state index contributed by atoms with van der Waals surface area (Å²) < 4.78 is 0. The summed E-state index contributed by atoms with van der Waals surface area (Å²) in [5.41, 5.74) is 3.65. The number of hydrogen-bond acceptors (Lipinski definition) is 1. The summed E-state index contributed by atoms with van der Waals surface area (Å²) in [5, 5.41) is 3.11. The summed E-state index contributed by atoms with van der Waals surface area (Å²) in [6, 6.07) is 6.29. The van der Waals surface area contributed by atoms with Crippen LogP contribution < -0.4 is 5.32 Å². The van der Waals surface area contributed by atoms with Crippen LogP contribution in [0.25, 0.3) is 6.08 Å². The molecule has 0 fully saturated rings. The summed E-state index contributed by atoms with van der Waals surface area (Å²) in [4.78, 5) is 0. The van der Waals surface area contributed by atoms with Crippen molar-refractivity contribution in [3.8, 4) is 0 Å². The Labute approximate surface area is 79.8 Å². The molecule has 1 nitrogen and oxygen atoms in total. The van der Waals surface area contributed by atoms with Crippen LogP contribution in [0.3, 0.4) is 0 Å². The maximum absolute atomic E-state index is 3.64. The lowest BCUT2D eigenvalue weighted by atomic mass is 10.1. The largest absolute Gasteiger partial charge is 0.388 e. The smallest absolute Gasteiger partial charge is 0.0340 e. The van der Waals surface area contributed by atoms with Crippen molar-refractivity contribution in [2.75, 3.05) is 12.4 Å². The molecule has 0 aliphatic heterocycles. The van der Waals surface area contributed by atoms with Crippen LogP contribution in [0.2, 0.25) is 0 Å². The number of benzene rings is 1. The number of anilines is 1. The second-order valence-corrected chi connectivity index (χ2v) is 2.92. The van der Waals surface area contributed by atoms with E-state index in [0.29, 0.717) is 0 Å². The molecule has 1 aromatic carbocycles. The van der Waals surface area contributed by atoms with Crippen molar-refractivity contribution in [3.05, 3.63) is 48.1 Å². The predicted molar refractivity (Wildman–Crippen MR) is 60.0 cm³/mol. The molecule has 68 valence electrons. The normalized spacial score (nSPS) is 10.3. The minimum Gasteiger partial charge on any atom is -0.388 e. The third kappa shape index (κ3) is 2.48. The van der Waals surface area contributed by atoms with Gasteiger partial charge in [0.2, 0.25) is 0 Å². The molecule has 0 atom stereocenters. The van der Waals surface area contributed by atoms with Crippen LogP contribution in [0.1, 0.15) is 11.1 Å². The van der Waals surface area contributed by atoms with Crippen LogP contribution in [-0.2, 0) is 0 Å². The Morgan fingerprint density at radius 3 is 2.69 bits per heavy atom. The van der Waals surface area contributed by atoms with Crippen molar-refractivity contribution < 1.29 is 0 Å². The van der Waals surface area contributed by atoms with E-state index in [2.05, 4.69) is 43.1 Å². The molecule has 13 heavy (non-hydrogen) atoms. The van der Waals surface area contributed by atoms with Gasteiger partial charge in [-0.15, -0.1) is 0 Å². The predicted octanol–water partition coefficient (Wildman–Crippen LogP) is 3.24. The van der Waals surface area contributed by atoms with Crippen LogP contribution in [0.5, 0.6) is 0 Å². The maximum Gasteiger partial charge on any atom is 0.0340 e. The van der Waals surface area contributed by atoms with E-state index >= 15 is 0 Å². The van der Waals surface area contributed by atoms with Gasteiger partial charge in [-0.3, -0.25) is 0 Å². The van der Waals surface area contributed by atoms with E-state index in [4.69, 9.17) is 0 Å². The van der Waals surface area contributed by atoms with Crippen molar-refractivity contribution in [2.45, 2.75) is 6.92 Å². The van der Waals surface area contributed by atoms with Gasteiger partial charge in [0, 0.05) is 12.7 Å². The zero-order chi connectivity index (χ0) is 9.68. The molecule has 0 aliphatic rings. The first-order chi connectivity index (χ1) is 6.27. The number of allylic oxidation sites excluding steroid dienone is 2. The third-order valence-electron chi connectivity index (χ3n) is 1.97. The van der Waals surface area contributed by atoms with Gasteiger partial charge in [-0.25, -0.2) is 0 Å². The molecule has 0 aliphatic carbocycles. The highest BCUT2D eigenvalue weighted by molar-refractivity contribution is 5.59. The minimum absolute atomic E-state index is 1.15. The highest BCUT2D eigenvalue weighted by Crippen LogP contribution is 2.15. The molecule has 0 saturated carbocycles. The van der Waals surface area contributed by atoms with Gasteiger partial charge in [-0.1, -0.05) is 30.9 Å². The van der Waals surface area contributed by atoms with Gasteiger partial charge in [0.15, 0.2) is 0 Å². The number of nitrogens with one attached hydrogen (secondary N) is 1. The highest BCUT2D eigenvalue weighted by Gasteiger charge is 1.94. The minimum atomic E-state index is 1.15. The van der Waals surface area contributed by atoms with Crippen molar-refractivity contribution in [1.29, 1.82) is 0 Å². The Kier molecular flexibility index (Phi) is 3.32. The fourth-order valence-corrected chi connectivity index (χ4v) is 1.19. The zero-order valence-corrected chi connectivity index (χ0v) is 8.17. The lowest BCUT2D eigenvalue weighted by Crippen LogP contribution is -1.89. The first kappa shape index (κ1) is 9.59. The van der Waals surface area contributed by atoms with Gasteiger partial charge in [0.1, 0.15) is 0 Å². The van der Waals surface area contributed by atoms with E-state index in [9.17, 15) is 0 Å². The van der Waals surface area contributed by atoms with E-state index in [1.807, 2.05) is 13.1 Å². The molecule has 0 bridgehead atoms. The Bertz CT molecular complexity index is 324. The van der Waals surface area contributed by atoms with Crippen LogP contribution in [0.15, 0.2) is 36.9 Å². The van der Waals surface area contributed by atoms with Gasteiger partial charge in [0.05, 0.1) is 0 Å². The lowest BCUT2D eigenvalue weighted by Gasteiger charge is -2.04. The quantitative estimate of drug-likeness (QED) is 0.692. The summed E-state index contributed by atoms with van der Waals surface area (Å²) >= 11 is 0. The fraction of sp³-hybridized carbons (Fsp3) is 0.167. The fourth-order valence-electron chi connectivity index (χ4n) is 1.19. The number of aryl methyl sites for hydroxylation is 1. The van der Waals surface area contributed by atoms with Crippen LogP contribution >= 0.6 is 0 Å². The Hall–Kier alpha value is -1.50. The van der Waals surface area contributed by atoms with Gasteiger partial charge < -0.3 is 5.32 Å². The molecule has 0 radical (unpaired) electrons. The molecule has 0 amide bonds. The SMILES string of the molecule is C=C/C=C\c1ccc(NC)cc1C. The van der Waals surface area contributed by atoms with Gasteiger partial charge in [-0.2, -0.15) is 0 Å². The van der Waals surface area contributed by atoms with Gasteiger partial charge >= 0.3 is 0 Å². The van der Waals surface area contributed by atoms with E-state index < -0.39 is 0 Å². The maximum atomic E-state index is 3.64. The Balaban J connectivity index is 2.98. The molecule has 1 N–H and O–H groups in total. The van der Waals surface area contributed by atoms with Crippen molar-refractivity contribution >= 4 is 11.8 Å². The average molecular weight is 173 g/mol. The van der Waals surface area contributed by atoms with Crippen LogP contribution in [0.4, 0.5) is 5.69 Å². The molecule has 0 aromatic heterocycles. The number of hydrogen-bond donors (Lipinski definition) is 1. The summed E-state index contributed by atoms with van der Waals surface area (Å²) in [5.74, 6) is 0. The summed E-state index contributed by atoms with van der Waals surface area (Å²) in [6.07, 6.45) is 5.79. The van der Waals surface area contributed by atoms with Gasteiger partial charge in [0.25, 0.3) is 0 Å². The lowest BCUT2D eigenvalue weighted by molar-refractivity contribution is 1.41. The molecule has 0 heterocycles. The summed E-state index contributed by atoms with van der Waals surface area (Å²) in [7, 11) is 1.92. The van der Waals surface area contributed by atoms with Gasteiger partial charge in [-0.05, 0) is 30.2 Å². The summed E-state index contributed by atoms with van der Waals surface area (Å²) in [6.45, 7) is 5.74. The Morgan fingerprint density at radius 2 is 2.15 bits per heavy atom. The molecule has 0 spiro atoms. The standard InChI is InChI=1S/C12H15N/c1-4-5-6-11-7-8-12(13-3)9-10(11)2/h4-9,13H,1H2,2-3H3/b6-5-. The van der Waals surface area contributed by atoms with E-state index in [-0.39, 0.29) is 0 Å². The Morgan fingerprint density at radius 1 is 1.38 bits per heavy atom. The van der Waals surface area contributed by atoms with Crippen LogP contribution in [0, 0.1) is 6.92 Å². The third-order valence-corrected chi connectivity index (χ3v) is 1.97. The second kappa shape index (κ2) is 4.51. The first-order valence-electron chi connectivity index (χ1n) is 4.35. The highest BCUT2D eigenvalue weighted by atomic mass is 14.8. The monoisotopic (exact) mass is 173 g/mol. The van der Waals surface area contributed by atoms with E-state index in [0.717, 1.165) is 5.69 Å². The van der Waals surface area contributed by atoms with E-state index in [1.165, 1.54) is 11.1 Å². The molecule has 1 heteroatoms. The average Bonchev–Trinajstić information content (AvgIpc) is 2.16. The molecule has 1 rings (SSSR count). The first-order valence-corrected chi connectivity index (χ1v) is 4.35. The second-order valence-electron chi connectivity index (χ2n) is 2.92. The van der Waals surface area contributed by atoms with E-state index in [1.54, 1.807) is 6.08 Å². The van der Waals surface area contributed by atoms with Crippen molar-refractivity contribution in [2.24, 2.45) is 0 Å². The van der Waals surface area contributed by atoms with Crippen LogP contribution in [-0.4, -0.2) is 7.05 Å². The molecule has 0 unspecified atom stereocenters. The molecule has 1 aromatic rings. The molecular formula is C12H15N. The van der Waals surface area contributed by atoms with Crippen molar-refractivity contribution in [1.82, 2.24) is 0 Å². The topological polar surface area (TPSA) is 12.0 Å². The number of rotatable bonds is 3. The molecular weight excluding hydrogens is 158 g/mol. The molecule has 0 saturated heterocycles. The van der Waals surface area contributed by atoms with Crippen molar-refractivity contribution in [3.63, 3.8) is 0 Å².